The largest absolute Gasteiger partial charge is 0.492 e. The second kappa shape index (κ2) is 7.07. The van der Waals surface area contributed by atoms with Gasteiger partial charge in [-0.3, -0.25) is 4.21 Å². The van der Waals surface area contributed by atoms with Crippen molar-refractivity contribution in [1.82, 2.24) is 0 Å². The molecule has 19 heavy (non-hydrogen) atoms. The first-order valence-corrected chi connectivity index (χ1v) is 7.27. The van der Waals surface area contributed by atoms with Crippen molar-refractivity contribution in [3.63, 3.8) is 0 Å². The number of hydrogen-bond acceptors (Lipinski definition) is 3. The molecule has 0 aromatic heterocycles. The summed E-state index contributed by atoms with van der Waals surface area (Å²) in [6.45, 7) is 0.0519. The first kappa shape index (κ1) is 13.8. The van der Waals surface area contributed by atoms with Crippen LogP contribution >= 0.6 is 0 Å². The molecule has 0 radical (unpaired) electrons. The highest BCUT2D eigenvalue weighted by molar-refractivity contribution is 7.85. The summed E-state index contributed by atoms with van der Waals surface area (Å²) in [6, 6.07) is 18.4. The number of para-hydroxylation sites is 1. The Morgan fingerprint density at radius 1 is 1.00 bits per heavy atom. The number of aliphatic hydroxyl groups excluding tert-OH is 1. The Bertz CT molecular complexity index is 513. The van der Waals surface area contributed by atoms with Crippen LogP contribution in [0.3, 0.4) is 0 Å². The molecule has 100 valence electrons. The Hall–Kier alpha value is -1.65. The van der Waals surface area contributed by atoms with E-state index in [2.05, 4.69) is 0 Å². The molecule has 0 aliphatic carbocycles. The van der Waals surface area contributed by atoms with Crippen molar-refractivity contribution >= 4 is 10.8 Å². The lowest BCUT2D eigenvalue weighted by atomic mass is 10.3. The predicted octanol–water partition coefficient (Wildman–Crippen LogP) is 2.23. The van der Waals surface area contributed by atoms with Gasteiger partial charge in [0.2, 0.25) is 0 Å². The van der Waals surface area contributed by atoms with Crippen molar-refractivity contribution in [2.75, 3.05) is 13.2 Å². The summed E-state index contributed by atoms with van der Waals surface area (Å²) in [7, 11) is -1.27. The summed E-state index contributed by atoms with van der Waals surface area (Å²) in [5.74, 6) is 0.714. The molecule has 0 bridgehead atoms. The number of benzene rings is 2. The van der Waals surface area contributed by atoms with Crippen LogP contribution in [-0.2, 0) is 10.8 Å². The lowest BCUT2D eigenvalue weighted by Gasteiger charge is -2.15. The zero-order chi connectivity index (χ0) is 13.5. The molecular weight excluding hydrogens is 260 g/mol. The highest BCUT2D eigenvalue weighted by Crippen LogP contribution is 2.14. The van der Waals surface area contributed by atoms with Crippen LogP contribution in [0, 0.1) is 0 Å². The van der Waals surface area contributed by atoms with Crippen molar-refractivity contribution in [2.24, 2.45) is 0 Å². The van der Waals surface area contributed by atoms with Gasteiger partial charge >= 0.3 is 0 Å². The molecule has 0 amide bonds. The Kier molecular flexibility index (Phi) is 5.12. The molecule has 0 saturated carbocycles. The molecule has 0 saturated heterocycles. The molecule has 0 aliphatic heterocycles. The predicted molar refractivity (Wildman–Crippen MR) is 75.7 cm³/mol. The maximum atomic E-state index is 12.3. The maximum absolute atomic E-state index is 12.3. The van der Waals surface area contributed by atoms with E-state index >= 15 is 0 Å². The lowest BCUT2D eigenvalue weighted by Crippen LogP contribution is -2.27. The molecule has 0 fully saturated rings. The minimum Gasteiger partial charge on any atom is -0.492 e. The monoisotopic (exact) mass is 276 g/mol. The van der Waals surface area contributed by atoms with E-state index in [-0.39, 0.29) is 13.2 Å². The number of rotatable bonds is 6. The third-order valence-corrected chi connectivity index (χ3v) is 4.29. The summed E-state index contributed by atoms with van der Waals surface area (Å²) in [4.78, 5) is 0.707. The molecule has 1 N–H and O–H groups in total. The van der Waals surface area contributed by atoms with Gasteiger partial charge in [-0.2, -0.15) is 0 Å². The summed E-state index contributed by atoms with van der Waals surface area (Å²) in [5, 5.41) is 8.93. The summed E-state index contributed by atoms with van der Waals surface area (Å²) >= 11 is 0. The quantitative estimate of drug-likeness (QED) is 0.880. The van der Waals surface area contributed by atoms with E-state index in [1.165, 1.54) is 0 Å². The zero-order valence-electron chi connectivity index (χ0n) is 10.4. The molecule has 2 unspecified atom stereocenters. The maximum Gasteiger partial charge on any atom is 0.119 e. The van der Waals surface area contributed by atoms with Gasteiger partial charge in [0.05, 0.1) is 22.7 Å². The fourth-order valence-electron chi connectivity index (χ4n) is 1.64. The first-order valence-electron chi connectivity index (χ1n) is 6.05. The average molecular weight is 276 g/mol. The van der Waals surface area contributed by atoms with Crippen LogP contribution in [0.2, 0.25) is 0 Å². The van der Waals surface area contributed by atoms with Crippen LogP contribution < -0.4 is 4.74 Å². The first-order chi connectivity index (χ1) is 9.31. The zero-order valence-corrected chi connectivity index (χ0v) is 11.3. The third kappa shape index (κ3) is 3.91. The third-order valence-electron chi connectivity index (χ3n) is 2.66. The molecule has 2 atom stereocenters. The van der Waals surface area contributed by atoms with Crippen LogP contribution in [0.4, 0.5) is 0 Å². The van der Waals surface area contributed by atoms with Crippen molar-refractivity contribution in [1.29, 1.82) is 0 Å². The average Bonchev–Trinajstić information content (AvgIpc) is 2.49. The second-order valence-corrected chi connectivity index (χ2v) is 5.77. The highest BCUT2D eigenvalue weighted by atomic mass is 32.2. The van der Waals surface area contributed by atoms with E-state index in [9.17, 15) is 9.32 Å². The van der Waals surface area contributed by atoms with Gasteiger partial charge in [0.15, 0.2) is 0 Å². The molecule has 4 heteroatoms. The van der Waals surface area contributed by atoms with Gasteiger partial charge < -0.3 is 9.84 Å². The highest BCUT2D eigenvalue weighted by Gasteiger charge is 2.18. The SMILES string of the molecule is O=S(c1ccccc1)C(CO)COc1ccccc1. The van der Waals surface area contributed by atoms with Gasteiger partial charge in [0.1, 0.15) is 12.4 Å². The van der Waals surface area contributed by atoms with Crippen LogP contribution in [0.25, 0.3) is 0 Å². The Labute approximate surface area is 115 Å². The van der Waals surface area contributed by atoms with Gasteiger partial charge in [0.25, 0.3) is 0 Å². The summed E-state index contributed by atoms with van der Waals surface area (Å²) in [5.41, 5.74) is 0. The van der Waals surface area contributed by atoms with Gasteiger partial charge in [-0.25, -0.2) is 0 Å². The normalized spacial score (nSPS) is 13.7. The van der Waals surface area contributed by atoms with Gasteiger partial charge in [-0.1, -0.05) is 36.4 Å². The number of hydrogen-bond donors (Lipinski definition) is 1. The van der Waals surface area contributed by atoms with Gasteiger partial charge in [-0.15, -0.1) is 0 Å². The fourth-order valence-corrected chi connectivity index (χ4v) is 2.77. The molecule has 2 aromatic carbocycles. The summed E-state index contributed by atoms with van der Waals surface area (Å²) in [6.07, 6.45) is 0. The van der Waals surface area contributed by atoms with Gasteiger partial charge in [-0.05, 0) is 24.3 Å². The minimum absolute atomic E-state index is 0.172. The summed E-state index contributed by atoms with van der Waals surface area (Å²) < 4.78 is 17.8. The van der Waals surface area contributed by atoms with E-state index < -0.39 is 16.0 Å². The standard InChI is InChI=1S/C15H16O3S/c16-11-15(12-18-13-7-3-1-4-8-13)19(17)14-9-5-2-6-10-14/h1-10,15-16H,11-12H2. The van der Waals surface area contributed by atoms with E-state index in [1.807, 2.05) is 48.5 Å². The molecule has 0 aliphatic rings. The smallest absolute Gasteiger partial charge is 0.119 e. The van der Waals surface area contributed by atoms with E-state index in [0.717, 1.165) is 0 Å². The Balaban J connectivity index is 1.99. The Morgan fingerprint density at radius 2 is 1.58 bits per heavy atom. The molecule has 0 heterocycles. The molecule has 3 nitrogen and oxygen atoms in total. The minimum atomic E-state index is -1.27. The van der Waals surface area contributed by atoms with E-state index in [1.54, 1.807) is 12.1 Å². The van der Waals surface area contributed by atoms with Crippen molar-refractivity contribution in [2.45, 2.75) is 10.1 Å². The topological polar surface area (TPSA) is 46.5 Å². The number of ether oxygens (including phenoxy) is 1. The molecule has 2 rings (SSSR count). The van der Waals surface area contributed by atoms with Crippen LogP contribution in [0.15, 0.2) is 65.6 Å². The van der Waals surface area contributed by atoms with Gasteiger partial charge in [0, 0.05) is 4.90 Å². The lowest BCUT2D eigenvalue weighted by molar-refractivity contribution is 0.238. The van der Waals surface area contributed by atoms with Crippen molar-refractivity contribution in [3.05, 3.63) is 60.7 Å². The van der Waals surface area contributed by atoms with Crippen molar-refractivity contribution < 1.29 is 14.1 Å². The van der Waals surface area contributed by atoms with Crippen LogP contribution in [0.1, 0.15) is 0 Å². The fraction of sp³-hybridized carbons (Fsp3) is 0.200. The number of aliphatic hydroxyl groups is 1. The Morgan fingerprint density at radius 3 is 2.16 bits per heavy atom. The molecule has 0 spiro atoms. The van der Waals surface area contributed by atoms with Crippen molar-refractivity contribution in [3.8, 4) is 5.75 Å². The molecule has 2 aromatic rings. The van der Waals surface area contributed by atoms with E-state index in [4.69, 9.17) is 4.74 Å². The van der Waals surface area contributed by atoms with Crippen LogP contribution in [0.5, 0.6) is 5.75 Å². The second-order valence-electron chi connectivity index (χ2n) is 4.04. The van der Waals surface area contributed by atoms with Crippen LogP contribution in [-0.4, -0.2) is 27.8 Å². The van der Waals surface area contributed by atoms with E-state index in [0.29, 0.717) is 10.6 Å². The molecular formula is C15H16O3S.